The van der Waals surface area contributed by atoms with Crippen LogP contribution in [0.15, 0.2) is 54.6 Å². The van der Waals surface area contributed by atoms with Crippen LogP contribution in [0.2, 0.25) is 0 Å². The molecule has 0 bridgehead atoms. The number of amides is 1. The van der Waals surface area contributed by atoms with Crippen LogP contribution in [0.1, 0.15) is 16.1 Å². The van der Waals surface area contributed by atoms with E-state index in [9.17, 15) is 4.79 Å². The molecule has 0 radical (unpaired) electrons. The maximum absolute atomic E-state index is 12.5. The largest absolute Gasteiger partial charge is 0.397 e. The predicted octanol–water partition coefficient (Wildman–Crippen LogP) is 3.02. The highest BCUT2D eigenvalue weighted by atomic mass is 16.2. The molecule has 21 heavy (non-hydrogen) atoms. The summed E-state index contributed by atoms with van der Waals surface area (Å²) in [5.74, 6) is -0.0468. The first kappa shape index (κ1) is 13.2. The third-order valence-electron chi connectivity index (χ3n) is 3.53. The lowest BCUT2D eigenvalue weighted by atomic mass is 10.2. The Morgan fingerprint density at radius 2 is 1.90 bits per heavy atom. The Hall–Kier alpha value is -2.75. The molecule has 0 fully saturated rings. The summed E-state index contributed by atoms with van der Waals surface area (Å²) in [5.41, 5.74) is 9.03. The average Bonchev–Trinajstić information content (AvgIpc) is 2.93. The van der Waals surface area contributed by atoms with E-state index < -0.39 is 0 Å². The molecule has 106 valence electrons. The van der Waals surface area contributed by atoms with E-state index >= 15 is 0 Å². The van der Waals surface area contributed by atoms with Crippen molar-refractivity contribution in [2.24, 2.45) is 0 Å². The molecule has 1 aromatic heterocycles. The number of hydrogen-bond acceptors (Lipinski definition) is 2. The maximum Gasteiger partial charge on any atom is 0.270 e. The number of para-hydroxylation sites is 1. The monoisotopic (exact) mass is 279 g/mol. The van der Waals surface area contributed by atoms with E-state index in [2.05, 4.69) is 4.98 Å². The van der Waals surface area contributed by atoms with Gasteiger partial charge < -0.3 is 15.6 Å². The first-order valence-electron chi connectivity index (χ1n) is 6.82. The second-order valence-corrected chi connectivity index (χ2v) is 5.14. The highest BCUT2D eigenvalue weighted by Crippen LogP contribution is 2.22. The fourth-order valence-corrected chi connectivity index (χ4v) is 2.43. The molecule has 3 N–H and O–H groups in total. The summed E-state index contributed by atoms with van der Waals surface area (Å²) in [6.45, 7) is 0.574. The summed E-state index contributed by atoms with van der Waals surface area (Å²) in [4.78, 5) is 17.3. The highest BCUT2D eigenvalue weighted by Gasteiger charge is 2.15. The standard InChI is InChI=1S/C17H17N3O/c1-20(11-12-6-3-2-4-7-12)17(21)15-10-13-8-5-9-14(18)16(13)19-15/h2-10,19H,11,18H2,1H3. The second-order valence-electron chi connectivity index (χ2n) is 5.14. The zero-order valence-corrected chi connectivity index (χ0v) is 11.8. The number of aromatic amines is 1. The van der Waals surface area contributed by atoms with E-state index in [1.807, 2.05) is 54.6 Å². The topological polar surface area (TPSA) is 62.1 Å². The van der Waals surface area contributed by atoms with Gasteiger partial charge in [0.1, 0.15) is 5.69 Å². The Morgan fingerprint density at radius 3 is 2.62 bits per heavy atom. The van der Waals surface area contributed by atoms with Crippen LogP contribution in [0.3, 0.4) is 0 Å². The minimum atomic E-state index is -0.0468. The van der Waals surface area contributed by atoms with Crippen LogP contribution in [0.25, 0.3) is 10.9 Å². The van der Waals surface area contributed by atoms with Gasteiger partial charge in [-0.05, 0) is 17.7 Å². The third kappa shape index (κ3) is 2.60. The van der Waals surface area contributed by atoms with Gasteiger partial charge in [-0.25, -0.2) is 0 Å². The van der Waals surface area contributed by atoms with Crippen molar-refractivity contribution in [2.75, 3.05) is 12.8 Å². The number of hydrogen-bond donors (Lipinski definition) is 2. The number of anilines is 1. The molecule has 3 rings (SSSR count). The maximum atomic E-state index is 12.5. The number of nitrogens with two attached hydrogens (primary N) is 1. The van der Waals surface area contributed by atoms with Crippen molar-refractivity contribution in [2.45, 2.75) is 6.54 Å². The molecule has 1 amide bonds. The van der Waals surface area contributed by atoms with Gasteiger partial charge in [-0.1, -0.05) is 42.5 Å². The van der Waals surface area contributed by atoms with Gasteiger partial charge in [0.25, 0.3) is 5.91 Å². The molecule has 0 aliphatic heterocycles. The van der Waals surface area contributed by atoms with Crippen molar-refractivity contribution in [1.82, 2.24) is 9.88 Å². The Balaban J connectivity index is 1.84. The van der Waals surface area contributed by atoms with Crippen LogP contribution in [-0.4, -0.2) is 22.8 Å². The number of H-pyrrole nitrogens is 1. The van der Waals surface area contributed by atoms with E-state index in [4.69, 9.17) is 5.73 Å². The summed E-state index contributed by atoms with van der Waals surface area (Å²) in [5, 5.41) is 0.950. The molecule has 0 saturated carbocycles. The van der Waals surface area contributed by atoms with Crippen molar-refractivity contribution in [3.8, 4) is 0 Å². The smallest absolute Gasteiger partial charge is 0.270 e. The molecule has 3 aromatic rings. The van der Waals surface area contributed by atoms with Gasteiger partial charge in [0.15, 0.2) is 0 Å². The molecule has 0 unspecified atom stereocenters. The Labute approximate surface area is 123 Å². The number of benzene rings is 2. The number of nitrogens with zero attached hydrogens (tertiary/aromatic N) is 1. The van der Waals surface area contributed by atoms with E-state index in [-0.39, 0.29) is 5.91 Å². The minimum absolute atomic E-state index is 0.0468. The molecule has 0 aliphatic carbocycles. The van der Waals surface area contributed by atoms with Crippen LogP contribution < -0.4 is 5.73 Å². The van der Waals surface area contributed by atoms with E-state index in [1.165, 1.54) is 0 Å². The van der Waals surface area contributed by atoms with Gasteiger partial charge in [0.2, 0.25) is 0 Å². The van der Waals surface area contributed by atoms with Gasteiger partial charge in [0, 0.05) is 19.0 Å². The quantitative estimate of drug-likeness (QED) is 0.724. The van der Waals surface area contributed by atoms with Crippen LogP contribution in [0.5, 0.6) is 0 Å². The lowest BCUT2D eigenvalue weighted by Crippen LogP contribution is -2.26. The van der Waals surface area contributed by atoms with Crippen molar-refractivity contribution in [1.29, 1.82) is 0 Å². The molecular weight excluding hydrogens is 262 g/mol. The lowest BCUT2D eigenvalue weighted by molar-refractivity contribution is 0.0780. The SMILES string of the molecule is CN(Cc1ccccc1)C(=O)c1cc2cccc(N)c2[nH]1. The number of rotatable bonds is 3. The molecule has 1 heterocycles. The van der Waals surface area contributed by atoms with Gasteiger partial charge in [0.05, 0.1) is 11.2 Å². The minimum Gasteiger partial charge on any atom is -0.397 e. The Kier molecular flexibility index (Phi) is 3.36. The van der Waals surface area contributed by atoms with Crippen LogP contribution in [-0.2, 0) is 6.54 Å². The van der Waals surface area contributed by atoms with Crippen LogP contribution >= 0.6 is 0 Å². The molecule has 0 spiro atoms. The van der Waals surface area contributed by atoms with E-state index in [0.29, 0.717) is 17.9 Å². The predicted molar refractivity (Wildman–Crippen MR) is 85.0 cm³/mol. The zero-order chi connectivity index (χ0) is 14.8. The first-order chi connectivity index (χ1) is 10.1. The summed E-state index contributed by atoms with van der Waals surface area (Å²) < 4.78 is 0. The number of carbonyl (C=O) groups excluding carboxylic acids is 1. The molecule has 0 aliphatic rings. The summed E-state index contributed by atoms with van der Waals surface area (Å²) in [6.07, 6.45) is 0. The van der Waals surface area contributed by atoms with Crippen LogP contribution in [0.4, 0.5) is 5.69 Å². The van der Waals surface area contributed by atoms with E-state index in [0.717, 1.165) is 16.5 Å². The van der Waals surface area contributed by atoms with Gasteiger partial charge >= 0.3 is 0 Å². The molecule has 4 nitrogen and oxygen atoms in total. The van der Waals surface area contributed by atoms with Gasteiger partial charge in [-0.3, -0.25) is 4.79 Å². The van der Waals surface area contributed by atoms with Crippen LogP contribution in [0, 0.1) is 0 Å². The van der Waals surface area contributed by atoms with Gasteiger partial charge in [-0.15, -0.1) is 0 Å². The number of fused-ring (bicyclic) bond motifs is 1. The second kappa shape index (κ2) is 5.32. The normalized spacial score (nSPS) is 10.7. The fourth-order valence-electron chi connectivity index (χ4n) is 2.43. The number of nitrogens with one attached hydrogen (secondary N) is 1. The third-order valence-corrected chi connectivity index (χ3v) is 3.53. The Bertz CT molecular complexity index is 777. The average molecular weight is 279 g/mol. The van der Waals surface area contributed by atoms with E-state index in [1.54, 1.807) is 11.9 Å². The highest BCUT2D eigenvalue weighted by molar-refractivity contribution is 6.00. The molecule has 2 aromatic carbocycles. The molecule has 0 atom stereocenters. The number of carbonyl (C=O) groups is 1. The van der Waals surface area contributed by atoms with Crippen molar-refractivity contribution >= 4 is 22.5 Å². The zero-order valence-electron chi connectivity index (χ0n) is 11.8. The first-order valence-corrected chi connectivity index (χ1v) is 6.82. The Morgan fingerprint density at radius 1 is 1.14 bits per heavy atom. The summed E-state index contributed by atoms with van der Waals surface area (Å²) in [6, 6.07) is 17.4. The molecular formula is C17H17N3O. The lowest BCUT2D eigenvalue weighted by Gasteiger charge is -2.16. The summed E-state index contributed by atoms with van der Waals surface area (Å²) in [7, 11) is 1.80. The molecule has 0 saturated heterocycles. The van der Waals surface area contributed by atoms with Crippen molar-refractivity contribution in [3.05, 3.63) is 65.9 Å². The van der Waals surface area contributed by atoms with Crippen molar-refractivity contribution in [3.63, 3.8) is 0 Å². The number of nitrogen functional groups attached to an aromatic ring is 1. The fraction of sp³-hybridized carbons (Fsp3) is 0.118. The van der Waals surface area contributed by atoms with Crippen molar-refractivity contribution < 1.29 is 4.79 Å². The molecule has 4 heteroatoms. The number of aromatic nitrogens is 1. The van der Waals surface area contributed by atoms with Gasteiger partial charge in [-0.2, -0.15) is 0 Å². The summed E-state index contributed by atoms with van der Waals surface area (Å²) >= 11 is 0.